The highest BCUT2D eigenvalue weighted by Gasteiger charge is 2.14. The van der Waals surface area contributed by atoms with Crippen LogP contribution in [0.5, 0.6) is 0 Å². The molecule has 0 aliphatic carbocycles. The summed E-state index contributed by atoms with van der Waals surface area (Å²) in [6.07, 6.45) is -1.41. The smallest absolute Gasteiger partial charge is 0.337 e. The molecule has 0 radical (unpaired) electrons. The molecule has 0 unspecified atom stereocenters. The van der Waals surface area contributed by atoms with Crippen LogP contribution in [0, 0.1) is 0 Å². The lowest BCUT2D eigenvalue weighted by Crippen LogP contribution is -2.09. The third-order valence-corrected chi connectivity index (χ3v) is 1.35. The van der Waals surface area contributed by atoms with Crippen LogP contribution in [0.1, 0.15) is 11.7 Å². The minimum absolute atomic E-state index is 0.403. The van der Waals surface area contributed by atoms with Crippen molar-refractivity contribution in [2.75, 3.05) is 14.1 Å². The Kier molecular flexibility index (Phi) is 6.36. The summed E-state index contributed by atoms with van der Waals surface area (Å²) in [5.41, 5.74) is 0.403. The molecule has 1 atom stereocenters. The van der Waals surface area contributed by atoms with Crippen LogP contribution in [0.4, 0.5) is 0 Å². The molecular weight excluding hydrogens is 182 g/mol. The number of carboxylic acids is 1. The zero-order valence-corrected chi connectivity index (χ0v) is 8.27. The summed E-state index contributed by atoms with van der Waals surface area (Å²) in [6.45, 7) is 0. The molecule has 0 heterocycles. The first-order valence-corrected chi connectivity index (χ1v) is 4.17. The molecule has 4 heteroatoms. The highest BCUT2D eigenvalue weighted by atomic mass is 16.4. The average Bonchev–Trinajstić information content (AvgIpc) is 2.19. The SMILES string of the molecule is CNC.O=C(O)[C@H](O)c1ccccc1. The van der Waals surface area contributed by atoms with E-state index in [2.05, 4.69) is 5.32 Å². The van der Waals surface area contributed by atoms with Crippen molar-refractivity contribution in [1.82, 2.24) is 5.32 Å². The van der Waals surface area contributed by atoms with E-state index in [0.717, 1.165) is 0 Å². The van der Waals surface area contributed by atoms with Crippen LogP contribution in [0.3, 0.4) is 0 Å². The van der Waals surface area contributed by atoms with Gasteiger partial charge in [-0.3, -0.25) is 0 Å². The molecule has 0 fully saturated rings. The van der Waals surface area contributed by atoms with E-state index in [1.165, 1.54) is 0 Å². The van der Waals surface area contributed by atoms with Gasteiger partial charge in [0.25, 0.3) is 0 Å². The summed E-state index contributed by atoms with van der Waals surface area (Å²) in [7, 11) is 3.75. The van der Waals surface area contributed by atoms with Gasteiger partial charge in [-0.1, -0.05) is 30.3 Å². The minimum atomic E-state index is -1.41. The quantitative estimate of drug-likeness (QED) is 0.650. The normalized spacial score (nSPS) is 11.1. The first-order chi connectivity index (χ1) is 6.63. The fourth-order valence-electron chi connectivity index (χ4n) is 0.778. The Hall–Kier alpha value is -1.39. The Morgan fingerprint density at radius 2 is 1.71 bits per heavy atom. The van der Waals surface area contributed by atoms with Gasteiger partial charge in [0.05, 0.1) is 0 Å². The maximum atomic E-state index is 10.2. The maximum absolute atomic E-state index is 10.2. The molecule has 0 saturated carbocycles. The summed E-state index contributed by atoms with van der Waals surface area (Å²) in [5.74, 6) is -1.23. The van der Waals surface area contributed by atoms with Crippen LogP contribution in [-0.2, 0) is 4.79 Å². The van der Waals surface area contributed by atoms with Crippen molar-refractivity contribution in [3.63, 3.8) is 0 Å². The zero-order valence-electron chi connectivity index (χ0n) is 8.27. The zero-order chi connectivity index (χ0) is 11.0. The first kappa shape index (κ1) is 12.6. The summed E-state index contributed by atoms with van der Waals surface area (Å²) in [6, 6.07) is 8.26. The molecule has 1 rings (SSSR count). The number of nitrogens with one attached hydrogen (secondary N) is 1. The Bertz CT molecular complexity index is 261. The van der Waals surface area contributed by atoms with Crippen molar-refractivity contribution in [1.29, 1.82) is 0 Å². The van der Waals surface area contributed by atoms with Crippen LogP contribution in [-0.4, -0.2) is 30.3 Å². The molecule has 0 aromatic heterocycles. The van der Waals surface area contributed by atoms with Crippen molar-refractivity contribution in [3.8, 4) is 0 Å². The molecule has 0 aliphatic heterocycles. The second-order valence-corrected chi connectivity index (χ2v) is 2.65. The Morgan fingerprint density at radius 3 is 2.07 bits per heavy atom. The molecule has 0 saturated heterocycles. The summed E-state index contributed by atoms with van der Waals surface area (Å²) < 4.78 is 0. The fraction of sp³-hybridized carbons (Fsp3) is 0.300. The molecule has 14 heavy (non-hydrogen) atoms. The van der Waals surface area contributed by atoms with Crippen molar-refractivity contribution in [2.24, 2.45) is 0 Å². The lowest BCUT2D eigenvalue weighted by atomic mass is 10.1. The van der Waals surface area contributed by atoms with Gasteiger partial charge >= 0.3 is 5.97 Å². The first-order valence-electron chi connectivity index (χ1n) is 4.17. The van der Waals surface area contributed by atoms with E-state index in [1.807, 2.05) is 14.1 Å². The molecule has 1 aromatic rings. The third-order valence-electron chi connectivity index (χ3n) is 1.35. The Morgan fingerprint density at radius 1 is 1.29 bits per heavy atom. The van der Waals surface area contributed by atoms with Crippen molar-refractivity contribution in [2.45, 2.75) is 6.10 Å². The van der Waals surface area contributed by atoms with E-state index in [4.69, 9.17) is 10.2 Å². The standard InChI is InChI=1S/C8H8O3.C2H7N/c9-7(8(10)11)6-4-2-1-3-5-6;1-3-2/h1-5,7,9H,(H,10,11);3H,1-2H3/t7-;/m1./s1. The van der Waals surface area contributed by atoms with E-state index < -0.39 is 12.1 Å². The van der Waals surface area contributed by atoms with Gasteiger partial charge in [-0.05, 0) is 19.7 Å². The van der Waals surface area contributed by atoms with Gasteiger partial charge in [0.1, 0.15) is 0 Å². The van der Waals surface area contributed by atoms with Gasteiger partial charge < -0.3 is 15.5 Å². The molecule has 3 N–H and O–H groups in total. The van der Waals surface area contributed by atoms with Gasteiger partial charge in [0, 0.05) is 0 Å². The lowest BCUT2D eigenvalue weighted by Gasteiger charge is -2.03. The van der Waals surface area contributed by atoms with Gasteiger partial charge in [-0.15, -0.1) is 0 Å². The molecule has 0 amide bonds. The number of aliphatic hydroxyl groups excluding tert-OH is 1. The Balaban J connectivity index is 0.000000500. The second-order valence-electron chi connectivity index (χ2n) is 2.65. The molecule has 0 aliphatic rings. The van der Waals surface area contributed by atoms with Crippen LogP contribution in [0.2, 0.25) is 0 Å². The van der Waals surface area contributed by atoms with Gasteiger partial charge in [0.2, 0.25) is 0 Å². The number of aliphatic carboxylic acids is 1. The molecule has 0 spiro atoms. The predicted molar refractivity (Wildman–Crippen MR) is 54.0 cm³/mol. The van der Waals surface area contributed by atoms with Crippen LogP contribution in [0.15, 0.2) is 30.3 Å². The molecular formula is C10H15NO3. The third kappa shape index (κ3) is 4.59. The molecule has 0 bridgehead atoms. The number of carboxylic acid groups (broad SMARTS) is 1. The van der Waals surface area contributed by atoms with Crippen molar-refractivity contribution in [3.05, 3.63) is 35.9 Å². The monoisotopic (exact) mass is 197 g/mol. The van der Waals surface area contributed by atoms with E-state index in [9.17, 15) is 4.79 Å². The number of hydrogen-bond acceptors (Lipinski definition) is 3. The predicted octanol–water partition coefficient (Wildman–Crippen LogP) is 0.640. The maximum Gasteiger partial charge on any atom is 0.337 e. The van der Waals surface area contributed by atoms with Crippen LogP contribution in [0.25, 0.3) is 0 Å². The molecule has 78 valence electrons. The second kappa shape index (κ2) is 7.06. The van der Waals surface area contributed by atoms with E-state index >= 15 is 0 Å². The van der Waals surface area contributed by atoms with Crippen LogP contribution >= 0.6 is 0 Å². The lowest BCUT2D eigenvalue weighted by molar-refractivity contribution is -0.146. The number of hydrogen-bond donors (Lipinski definition) is 3. The fourth-order valence-corrected chi connectivity index (χ4v) is 0.778. The molecule has 4 nitrogen and oxygen atoms in total. The van der Waals surface area contributed by atoms with E-state index in [-0.39, 0.29) is 0 Å². The minimum Gasteiger partial charge on any atom is -0.479 e. The van der Waals surface area contributed by atoms with Crippen LogP contribution < -0.4 is 5.32 Å². The highest BCUT2D eigenvalue weighted by molar-refractivity contribution is 5.73. The number of carbonyl (C=O) groups is 1. The summed E-state index contributed by atoms with van der Waals surface area (Å²) >= 11 is 0. The molecule has 1 aromatic carbocycles. The van der Waals surface area contributed by atoms with Gasteiger partial charge in [-0.25, -0.2) is 4.79 Å². The Labute approximate surface area is 83.2 Å². The number of rotatable bonds is 2. The number of benzene rings is 1. The van der Waals surface area contributed by atoms with Crippen molar-refractivity contribution >= 4 is 5.97 Å². The highest BCUT2D eigenvalue weighted by Crippen LogP contribution is 2.10. The summed E-state index contributed by atoms with van der Waals surface area (Å²) in [4.78, 5) is 10.2. The van der Waals surface area contributed by atoms with Crippen molar-refractivity contribution < 1.29 is 15.0 Å². The van der Waals surface area contributed by atoms with Gasteiger partial charge in [-0.2, -0.15) is 0 Å². The topological polar surface area (TPSA) is 69.6 Å². The largest absolute Gasteiger partial charge is 0.479 e. The van der Waals surface area contributed by atoms with E-state index in [0.29, 0.717) is 5.56 Å². The van der Waals surface area contributed by atoms with E-state index in [1.54, 1.807) is 30.3 Å². The summed E-state index contributed by atoms with van der Waals surface area (Å²) in [5, 5.41) is 20.1. The van der Waals surface area contributed by atoms with Gasteiger partial charge in [0.15, 0.2) is 6.10 Å². The average molecular weight is 197 g/mol. The number of aliphatic hydroxyl groups is 1.